The molecule has 5 heteroatoms. The zero-order valence-electron chi connectivity index (χ0n) is 11.3. The summed E-state index contributed by atoms with van der Waals surface area (Å²) in [6.45, 7) is 4.13. The molecule has 0 radical (unpaired) electrons. The molecule has 1 aromatic carbocycles. The highest BCUT2D eigenvalue weighted by Crippen LogP contribution is 2.23. The molecule has 0 spiro atoms. The van der Waals surface area contributed by atoms with E-state index in [4.69, 9.17) is 4.52 Å². The minimum absolute atomic E-state index is 0.270. The first-order valence-electron chi connectivity index (χ1n) is 6.31. The normalized spacial score (nSPS) is 11.1. The number of carboxylic acids is 1. The van der Waals surface area contributed by atoms with E-state index in [9.17, 15) is 9.90 Å². The molecule has 2 heterocycles. The lowest BCUT2D eigenvalue weighted by atomic mass is 10.2. The highest BCUT2D eigenvalue weighted by atomic mass is 16.5. The Hall–Kier alpha value is -2.56. The molecule has 0 atom stereocenters. The second kappa shape index (κ2) is 4.52. The van der Waals surface area contributed by atoms with Crippen LogP contribution >= 0.6 is 0 Å². The Balaban J connectivity index is 2.19. The molecule has 0 amide bonds. The van der Waals surface area contributed by atoms with Crippen LogP contribution in [0.25, 0.3) is 10.9 Å². The Morgan fingerprint density at radius 2 is 2.10 bits per heavy atom. The molecule has 102 valence electrons. The summed E-state index contributed by atoms with van der Waals surface area (Å²) in [6.07, 6.45) is 0. The summed E-state index contributed by atoms with van der Waals surface area (Å²) in [5, 5.41) is 14.2. The third-order valence-corrected chi connectivity index (χ3v) is 3.53. The lowest BCUT2D eigenvalue weighted by Crippen LogP contribution is -2.10. The number of carbonyl (C=O) groups is 1. The third-order valence-electron chi connectivity index (χ3n) is 3.53. The second-order valence-corrected chi connectivity index (χ2v) is 4.78. The Morgan fingerprint density at radius 3 is 2.75 bits per heavy atom. The average molecular weight is 270 g/mol. The van der Waals surface area contributed by atoms with Crippen molar-refractivity contribution in [2.45, 2.75) is 20.4 Å². The molecule has 2 aromatic heterocycles. The van der Waals surface area contributed by atoms with Crippen LogP contribution in [-0.2, 0) is 6.54 Å². The number of hydrogen-bond acceptors (Lipinski definition) is 3. The molecular formula is C15H14N2O3. The fraction of sp³-hybridized carbons (Fsp3) is 0.200. The van der Waals surface area contributed by atoms with Gasteiger partial charge in [0.05, 0.1) is 12.2 Å². The number of nitrogens with zero attached hydrogens (tertiary/aromatic N) is 2. The Bertz CT molecular complexity index is 779. The van der Waals surface area contributed by atoms with Crippen LogP contribution in [0.15, 0.2) is 34.9 Å². The highest BCUT2D eigenvalue weighted by Gasteiger charge is 2.17. The molecule has 0 saturated heterocycles. The summed E-state index contributed by atoms with van der Waals surface area (Å²) in [7, 11) is 0. The van der Waals surface area contributed by atoms with Crippen LogP contribution < -0.4 is 0 Å². The molecule has 5 nitrogen and oxygen atoms in total. The molecule has 0 aliphatic rings. The molecule has 3 aromatic rings. The van der Waals surface area contributed by atoms with Crippen molar-refractivity contribution in [3.8, 4) is 0 Å². The first-order chi connectivity index (χ1) is 9.58. The van der Waals surface area contributed by atoms with Gasteiger partial charge in [0.2, 0.25) is 0 Å². The molecule has 0 aliphatic carbocycles. The second-order valence-electron chi connectivity index (χ2n) is 4.78. The predicted octanol–water partition coefficient (Wildman–Crippen LogP) is 2.99. The smallest absolute Gasteiger partial charge is 0.352 e. The van der Waals surface area contributed by atoms with Crippen LogP contribution in [0, 0.1) is 13.8 Å². The van der Waals surface area contributed by atoms with E-state index >= 15 is 0 Å². The van der Waals surface area contributed by atoms with Crippen LogP contribution in [0.5, 0.6) is 0 Å². The molecule has 20 heavy (non-hydrogen) atoms. The molecule has 3 rings (SSSR count). The van der Waals surface area contributed by atoms with E-state index in [0.29, 0.717) is 6.54 Å². The van der Waals surface area contributed by atoms with Crippen LogP contribution in [0.3, 0.4) is 0 Å². The van der Waals surface area contributed by atoms with Gasteiger partial charge < -0.3 is 14.2 Å². The highest BCUT2D eigenvalue weighted by molar-refractivity contribution is 5.94. The number of aryl methyl sites for hydroxylation is 2. The Kier molecular flexibility index (Phi) is 2.82. The molecule has 0 saturated carbocycles. The van der Waals surface area contributed by atoms with E-state index in [2.05, 4.69) is 5.16 Å². The number of hydrogen-bond donors (Lipinski definition) is 1. The number of aromatic nitrogens is 2. The number of carboxylic acid groups (broad SMARTS) is 1. The maximum absolute atomic E-state index is 11.4. The quantitative estimate of drug-likeness (QED) is 0.794. The van der Waals surface area contributed by atoms with Crippen LogP contribution in [0.4, 0.5) is 0 Å². The van der Waals surface area contributed by atoms with Gasteiger partial charge >= 0.3 is 5.97 Å². The first kappa shape index (κ1) is 12.5. The molecule has 0 bridgehead atoms. The van der Waals surface area contributed by atoms with E-state index in [-0.39, 0.29) is 5.69 Å². The first-order valence-corrected chi connectivity index (χ1v) is 6.31. The summed E-state index contributed by atoms with van der Waals surface area (Å²) in [4.78, 5) is 11.4. The standard InChI is InChI=1S/C15H14N2O3/c1-9-12(10(2)20-16-9)8-17-13-6-4-3-5-11(13)7-14(17)15(18)19/h3-7H,8H2,1-2H3,(H,18,19). The van der Waals surface area contributed by atoms with Gasteiger partial charge in [-0.25, -0.2) is 4.79 Å². The fourth-order valence-electron chi connectivity index (χ4n) is 2.44. The number of para-hydroxylation sites is 1. The fourth-order valence-corrected chi connectivity index (χ4v) is 2.44. The zero-order valence-corrected chi connectivity index (χ0v) is 11.3. The Morgan fingerprint density at radius 1 is 1.35 bits per heavy atom. The van der Waals surface area contributed by atoms with Crippen LogP contribution in [0.1, 0.15) is 27.5 Å². The van der Waals surface area contributed by atoms with Gasteiger partial charge in [0.15, 0.2) is 0 Å². The lowest BCUT2D eigenvalue weighted by molar-refractivity contribution is 0.0686. The third kappa shape index (κ3) is 1.87. The van der Waals surface area contributed by atoms with Crippen molar-refractivity contribution >= 4 is 16.9 Å². The summed E-state index contributed by atoms with van der Waals surface area (Å²) < 4.78 is 6.93. The van der Waals surface area contributed by atoms with Crippen molar-refractivity contribution in [3.63, 3.8) is 0 Å². The van der Waals surface area contributed by atoms with Gasteiger partial charge in [-0.3, -0.25) is 0 Å². The maximum Gasteiger partial charge on any atom is 0.352 e. The van der Waals surface area contributed by atoms with Gasteiger partial charge in [-0.05, 0) is 26.0 Å². The van der Waals surface area contributed by atoms with E-state index in [1.807, 2.05) is 38.1 Å². The van der Waals surface area contributed by atoms with Crippen molar-refractivity contribution in [1.29, 1.82) is 0 Å². The van der Waals surface area contributed by atoms with Crippen LogP contribution in [0.2, 0.25) is 0 Å². The monoisotopic (exact) mass is 270 g/mol. The summed E-state index contributed by atoms with van der Waals surface area (Å²) in [6, 6.07) is 9.31. The van der Waals surface area contributed by atoms with Crippen molar-refractivity contribution in [2.75, 3.05) is 0 Å². The van der Waals surface area contributed by atoms with Gasteiger partial charge in [0.25, 0.3) is 0 Å². The largest absolute Gasteiger partial charge is 0.477 e. The predicted molar refractivity (Wildman–Crippen MR) is 74.0 cm³/mol. The van der Waals surface area contributed by atoms with Gasteiger partial charge in [0.1, 0.15) is 11.5 Å². The van der Waals surface area contributed by atoms with E-state index in [1.165, 1.54) is 0 Å². The maximum atomic E-state index is 11.4. The van der Waals surface area contributed by atoms with E-state index in [0.717, 1.165) is 27.9 Å². The van der Waals surface area contributed by atoms with Crippen LogP contribution in [-0.4, -0.2) is 20.8 Å². The van der Waals surface area contributed by atoms with Gasteiger partial charge in [0, 0.05) is 16.5 Å². The van der Waals surface area contributed by atoms with Crippen molar-refractivity contribution in [3.05, 3.63) is 53.0 Å². The number of rotatable bonds is 3. The summed E-state index contributed by atoms with van der Waals surface area (Å²) in [5.41, 5.74) is 2.88. The molecule has 0 unspecified atom stereocenters. The van der Waals surface area contributed by atoms with Crippen molar-refractivity contribution in [1.82, 2.24) is 9.72 Å². The molecule has 0 fully saturated rings. The number of aromatic carboxylic acids is 1. The molecular weight excluding hydrogens is 256 g/mol. The van der Waals surface area contributed by atoms with Gasteiger partial charge in [-0.15, -0.1) is 0 Å². The van der Waals surface area contributed by atoms with E-state index in [1.54, 1.807) is 10.6 Å². The molecule has 0 aliphatic heterocycles. The number of benzene rings is 1. The SMILES string of the molecule is Cc1noc(C)c1Cn1c(C(=O)O)cc2ccccc21. The Labute approximate surface area is 115 Å². The minimum Gasteiger partial charge on any atom is -0.477 e. The number of fused-ring (bicyclic) bond motifs is 1. The lowest BCUT2D eigenvalue weighted by Gasteiger charge is -2.08. The van der Waals surface area contributed by atoms with Crippen molar-refractivity contribution in [2.24, 2.45) is 0 Å². The summed E-state index contributed by atoms with van der Waals surface area (Å²) >= 11 is 0. The topological polar surface area (TPSA) is 68.3 Å². The van der Waals surface area contributed by atoms with Gasteiger partial charge in [-0.1, -0.05) is 23.4 Å². The summed E-state index contributed by atoms with van der Waals surface area (Å²) in [5.74, 6) is -0.218. The van der Waals surface area contributed by atoms with E-state index < -0.39 is 5.97 Å². The average Bonchev–Trinajstić information content (AvgIpc) is 2.94. The van der Waals surface area contributed by atoms with Gasteiger partial charge in [-0.2, -0.15) is 0 Å². The van der Waals surface area contributed by atoms with Crippen molar-refractivity contribution < 1.29 is 14.4 Å². The zero-order chi connectivity index (χ0) is 14.3. The molecule has 1 N–H and O–H groups in total. The minimum atomic E-state index is -0.937.